The van der Waals surface area contributed by atoms with Crippen LogP contribution in [-0.4, -0.2) is 20.0 Å². The second-order valence-corrected chi connectivity index (χ2v) is 5.28. The molecular weight excluding hydrogens is 256 g/mol. The number of aryl methyl sites for hydroxylation is 3. The lowest BCUT2D eigenvalue weighted by Crippen LogP contribution is -2.01. The summed E-state index contributed by atoms with van der Waals surface area (Å²) >= 11 is 1.70. The molecule has 1 aromatic carbocycles. The van der Waals surface area contributed by atoms with Gasteiger partial charge in [-0.25, -0.2) is 4.98 Å². The van der Waals surface area contributed by atoms with Gasteiger partial charge in [0.2, 0.25) is 0 Å². The van der Waals surface area contributed by atoms with Crippen molar-refractivity contribution in [3.8, 4) is 11.3 Å². The van der Waals surface area contributed by atoms with E-state index in [1.165, 1.54) is 4.88 Å². The van der Waals surface area contributed by atoms with E-state index in [9.17, 15) is 0 Å². The zero-order valence-corrected chi connectivity index (χ0v) is 11.5. The molecule has 0 aliphatic heterocycles. The molecule has 0 N–H and O–H groups in total. The fourth-order valence-electron chi connectivity index (χ4n) is 1.93. The quantitative estimate of drug-likeness (QED) is 0.732. The van der Waals surface area contributed by atoms with E-state index in [0.717, 1.165) is 29.9 Å². The fraction of sp³-hybridized carbons (Fsp3) is 0.214. The van der Waals surface area contributed by atoms with Gasteiger partial charge in [0.15, 0.2) is 0 Å². The summed E-state index contributed by atoms with van der Waals surface area (Å²) in [6.45, 7) is 2.88. The second kappa shape index (κ2) is 5.32. The lowest BCUT2D eigenvalue weighted by molar-refractivity contribution is 0.591. The van der Waals surface area contributed by atoms with Gasteiger partial charge in [-0.05, 0) is 6.92 Å². The van der Waals surface area contributed by atoms with Gasteiger partial charge < -0.3 is 0 Å². The Hall–Kier alpha value is -2.01. The number of benzene rings is 1. The average molecular weight is 270 g/mol. The van der Waals surface area contributed by atoms with E-state index in [1.54, 1.807) is 11.3 Å². The predicted octanol–water partition coefficient (Wildman–Crippen LogP) is 2.95. The van der Waals surface area contributed by atoms with Crippen molar-refractivity contribution >= 4 is 11.3 Å². The van der Waals surface area contributed by atoms with Crippen LogP contribution in [0.5, 0.6) is 0 Å². The Labute approximate surface area is 115 Å². The minimum absolute atomic E-state index is 0.836. The minimum atomic E-state index is 0.836. The Morgan fingerprint density at radius 1 is 1.21 bits per heavy atom. The van der Waals surface area contributed by atoms with Crippen LogP contribution in [0.3, 0.4) is 0 Å². The Morgan fingerprint density at radius 2 is 2.05 bits per heavy atom. The molecule has 0 unspecified atom stereocenters. The molecule has 0 saturated carbocycles. The first-order valence-corrected chi connectivity index (χ1v) is 7.05. The molecule has 5 heteroatoms. The first-order valence-electron chi connectivity index (χ1n) is 6.17. The monoisotopic (exact) mass is 270 g/mol. The van der Waals surface area contributed by atoms with Gasteiger partial charge in [0.05, 0.1) is 17.4 Å². The molecule has 0 saturated heterocycles. The molecule has 0 atom stereocenters. The van der Waals surface area contributed by atoms with Crippen molar-refractivity contribution in [2.45, 2.75) is 19.9 Å². The first kappa shape index (κ1) is 12.0. The van der Waals surface area contributed by atoms with Crippen molar-refractivity contribution in [3.05, 3.63) is 52.6 Å². The molecule has 96 valence electrons. The molecule has 0 fully saturated rings. The highest BCUT2D eigenvalue weighted by molar-refractivity contribution is 7.09. The largest absolute Gasteiger partial charge is 0.252 e. The molecule has 4 nitrogen and oxygen atoms in total. The molecule has 0 aliphatic carbocycles. The smallest absolute Gasteiger partial charge is 0.113 e. The Morgan fingerprint density at radius 3 is 2.79 bits per heavy atom. The lowest BCUT2D eigenvalue weighted by Gasteiger charge is -1.98. The third-order valence-corrected chi connectivity index (χ3v) is 4.02. The van der Waals surface area contributed by atoms with Gasteiger partial charge in [-0.3, -0.25) is 4.68 Å². The number of thiazole rings is 1. The van der Waals surface area contributed by atoms with Crippen LogP contribution in [0.15, 0.2) is 42.0 Å². The van der Waals surface area contributed by atoms with Gasteiger partial charge in [-0.1, -0.05) is 35.5 Å². The van der Waals surface area contributed by atoms with Crippen molar-refractivity contribution in [2.75, 3.05) is 0 Å². The molecular formula is C14H14N4S. The molecule has 0 radical (unpaired) electrons. The van der Waals surface area contributed by atoms with Crippen LogP contribution in [0.25, 0.3) is 11.3 Å². The van der Waals surface area contributed by atoms with E-state index >= 15 is 0 Å². The molecule has 3 aromatic rings. The third-order valence-electron chi connectivity index (χ3n) is 3.02. The molecule has 2 heterocycles. The van der Waals surface area contributed by atoms with Crippen LogP contribution in [0.4, 0.5) is 0 Å². The van der Waals surface area contributed by atoms with E-state index in [4.69, 9.17) is 0 Å². The molecule has 0 amide bonds. The van der Waals surface area contributed by atoms with Crippen LogP contribution in [-0.2, 0) is 13.0 Å². The van der Waals surface area contributed by atoms with Gasteiger partial charge in [0, 0.05) is 23.4 Å². The fourth-order valence-corrected chi connectivity index (χ4v) is 2.70. The van der Waals surface area contributed by atoms with Crippen molar-refractivity contribution < 1.29 is 0 Å². The van der Waals surface area contributed by atoms with Crippen molar-refractivity contribution in [1.29, 1.82) is 0 Å². The number of rotatable bonds is 4. The van der Waals surface area contributed by atoms with E-state index in [1.807, 2.05) is 53.6 Å². The van der Waals surface area contributed by atoms with Gasteiger partial charge in [0.25, 0.3) is 0 Å². The van der Waals surface area contributed by atoms with Gasteiger partial charge in [-0.15, -0.1) is 16.4 Å². The summed E-state index contributed by atoms with van der Waals surface area (Å²) in [7, 11) is 0. The zero-order chi connectivity index (χ0) is 13.1. The Bertz CT molecular complexity index is 657. The molecule has 19 heavy (non-hydrogen) atoms. The van der Waals surface area contributed by atoms with Crippen LogP contribution in [0.2, 0.25) is 0 Å². The molecule has 2 aromatic heterocycles. The topological polar surface area (TPSA) is 43.6 Å². The lowest BCUT2D eigenvalue weighted by atomic mass is 10.2. The van der Waals surface area contributed by atoms with Crippen LogP contribution < -0.4 is 0 Å². The van der Waals surface area contributed by atoms with E-state index in [0.29, 0.717) is 0 Å². The van der Waals surface area contributed by atoms with Crippen molar-refractivity contribution in [2.24, 2.45) is 0 Å². The summed E-state index contributed by atoms with van der Waals surface area (Å²) in [5.41, 5.74) is 5.03. The normalized spacial score (nSPS) is 10.8. The summed E-state index contributed by atoms with van der Waals surface area (Å²) in [6.07, 6.45) is 2.94. The van der Waals surface area contributed by atoms with E-state index in [2.05, 4.69) is 15.3 Å². The summed E-state index contributed by atoms with van der Waals surface area (Å²) in [5, 5.41) is 8.38. The minimum Gasteiger partial charge on any atom is -0.252 e. The van der Waals surface area contributed by atoms with Crippen molar-refractivity contribution in [1.82, 2.24) is 20.0 Å². The maximum atomic E-state index is 4.25. The molecule has 0 aliphatic rings. The van der Waals surface area contributed by atoms with Crippen molar-refractivity contribution in [3.63, 3.8) is 0 Å². The predicted molar refractivity (Wildman–Crippen MR) is 76.0 cm³/mol. The number of nitrogens with zero attached hydrogens (tertiary/aromatic N) is 4. The maximum Gasteiger partial charge on any atom is 0.113 e. The SMILES string of the molecule is Cc1ncsc1CCn1cc(-c2ccccc2)nn1. The summed E-state index contributed by atoms with van der Waals surface area (Å²) in [4.78, 5) is 5.57. The summed E-state index contributed by atoms with van der Waals surface area (Å²) < 4.78 is 1.89. The highest BCUT2D eigenvalue weighted by atomic mass is 32.1. The van der Waals surface area contributed by atoms with Crippen LogP contribution in [0, 0.1) is 6.92 Å². The standard InChI is InChI=1S/C14H14N4S/c1-11-14(19-10-15-11)7-8-18-9-13(16-17-18)12-5-3-2-4-6-12/h2-6,9-10H,7-8H2,1H3. The van der Waals surface area contributed by atoms with E-state index < -0.39 is 0 Å². The van der Waals surface area contributed by atoms with Crippen LogP contribution >= 0.6 is 11.3 Å². The van der Waals surface area contributed by atoms with Gasteiger partial charge in [-0.2, -0.15) is 0 Å². The summed E-state index contributed by atoms with van der Waals surface area (Å²) in [6, 6.07) is 10.1. The third kappa shape index (κ3) is 2.71. The second-order valence-electron chi connectivity index (χ2n) is 4.34. The number of aromatic nitrogens is 4. The Balaban J connectivity index is 1.70. The Kier molecular flexibility index (Phi) is 3.37. The zero-order valence-electron chi connectivity index (χ0n) is 10.7. The number of hydrogen-bond donors (Lipinski definition) is 0. The molecule has 0 bridgehead atoms. The highest BCUT2D eigenvalue weighted by Gasteiger charge is 2.05. The van der Waals surface area contributed by atoms with E-state index in [-0.39, 0.29) is 0 Å². The van der Waals surface area contributed by atoms with Gasteiger partial charge in [0.1, 0.15) is 5.69 Å². The van der Waals surface area contributed by atoms with Crippen LogP contribution in [0.1, 0.15) is 10.6 Å². The first-order chi connectivity index (χ1) is 9.33. The highest BCUT2D eigenvalue weighted by Crippen LogP contribution is 2.16. The number of hydrogen-bond acceptors (Lipinski definition) is 4. The summed E-state index contributed by atoms with van der Waals surface area (Å²) in [5.74, 6) is 0. The molecule has 0 spiro atoms. The maximum absolute atomic E-state index is 4.25. The average Bonchev–Trinajstić information content (AvgIpc) is 3.06. The van der Waals surface area contributed by atoms with Gasteiger partial charge >= 0.3 is 0 Å². The molecule has 3 rings (SSSR count).